The van der Waals surface area contributed by atoms with Gasteiger partial charge in [0, 0.05) is 57.4 Å². The average molecular weight is 363 g/mol. The second-order valence-corrected chi connectivity index (χ2v) is 6.86. The van der Waals surface area contributed by atoms with E-state index in [9.17, 15) is 0 Å². The van der Waals surface area contributed by atoms with Crippen molar-refractivity contribution in [2.75, 3.05) is 31.1 Å². The van der Waals surface area contributed by atoms with E-state index in [-0.39, 0.29) is 0 Å². The Balaban J connectivity index is 1.40. The molecule has 7 nitrogen and oxygen atoms in total. The van der Waals surface area contributed by atoms with E-state index < -0.39 is 0 Å². The quantitative estimate of drug-likeness (QED) is 0.693. The summed E-state index contributed by atoms with van der Waals surface area (Å²) in [6, 6.07) is 8.24. The Bertz CT molecular complexity index is 866. The molecule has 0 amide bonds. The molecule has 1 aliphatic rings. The maximum absolute atomic E-state index is 4.64. The molecule has 4 rings (SSSR count). The van der Waals surface area contributed by atoms with Gasteiger partial charge in [-0.3, -0.25) is 9.88 Å². The fraction of sp³-hybridized carbons (Fsp3) is 0.400. The lowest BCUT2D eigenvalue weighted by Gasteiger charge is -2.35. The van der Waals surface area contributed by atoms with E-state index in [0.29, 0.717) is 0 Å². The highest BCUT2D eigenvalue weighted by atomic mass is 15.3. The van der Waals surface area contributed by atoms with Gasteiger partial charge >= 0.3 is 0 Å². The summed E-state index contributed by atoms with van der Waals surface area (Å²) in [6.45, 7) is 8.87. The second kappa shape index (κ2) is 7.84. The van der Waals surface area contributed by atoms with Gasteiger partial charge in [-0.1, -0.05) is 13.0 Å². The highest BCUT2D eigenvalue weighted by Crippen LogP contribution is 2.18. The number of hydrogen-bond donors (Lipinski definition) is 0. The minimum atomic E-state index is 0.764. The third-order valence-electron chi connectivity index (χ3n) is 4.93. The normalized spacial score (nSPS) is 15.3. The molecule has 0 aliphatic carbocycles. The number of hydrogen-bond acceptors (Lipinski definition) is 6. The lowest BCUT2D eigenvalue weighted by molar-refractivity contribution is 0.246. The minimum Gasteiger partial charge on any atom is -0.354 e. The minimum absolute atomic E-state index is 0.764. The third-order valence-corrected chi connectivity index (χ3v) is 4.93. The number of aromatic nitrogens is 5. The number of pyridine rings is 1. The fourth-order valence-electron chi connectivity index (χ4n) is 3.34. The molecule has 1 saturated heterocycles. The summed E-state index contributed by atoms with van der Waals surface area (Å²) in [5, 5.41) is 4.28. The summed E-state index contributed by atoms with van der Waals surface area (Å²) in [5.41, 5.74) is 2.43. The summed E-state index contributed by atoms with van der Waals surface area (Å²) in [7, 11) is 0. The predicted molar refractivity (Wildman–Crippen MR) is 105 cm³/mol. The van der Waals surface area contributed by atoms with Gasteiger partial charge in [-0.2, -0.15) is 5.10 Å². The van der Waals surface area contributed by atoms with Gasteiger partial charge in [0.1, 0.15) is 11.6 Å². The number of aryl methyl sites for hydroxylation is 2. The maximum atomic E-state index is 4.64. The standard InChI is InChI=1S/C20H25N7/c1-3-17-5-6-18(21-14-17)15-25-9-11-26(12-10-25)19-13-20(24-16(2)23-19)27-8-4-7-22-27/h4-8,13-14H,3,9-12,15H2,1-2H3. The van der Waals surface area contributed by atoms with Crippen LogP contribution in [-0.4, -0.2) is 55.8 Å². The molecule has 0 saturated carbocycles. The second-order valence-electron chi connectivity index (χ2n) is 6.86. The van der Waals surface area contributed by atoms with Crippen molar-refractivity contribution in [1.82, 2.24) is 29.6 Å². The largest absolute Gasteiger partial charge is 0.354 e. The first kappa shape index (κ1) is 17.6. The molecule has 1 aliphatic heterocycles. The van der Waals surface area contributed by atoms with Crippen molar-refractivity contribution in [3.8, 4) is 5.82 Å². The highest BCUT2D eigenvalue weighted by molar-refractivity contribution is 5.44. The van der Waals surface area contributed by atoms with Gasteiger partial charge in [0.25, 0.3) is 0 Å². The number of rotatable bonds is 5. The Kier molecular flexibility index (Phi) is 5.11. The van der Waals surface area contributed by atoms with E-state index >= 15 is 0 Å². The molecule has 140 valence electrons. The van der Waals surface area contributed by atoms with E-state index in [1.807, 2.05) is 31.5 Å². The zero-order chi connectivity index (χ0) is 18.6. The topological polar surface area (TPSA) is 63.0 Å². The Morgan fingerprint density at radius 2 is 1.85 bits per heavy atom. The molecule has 3 aromatic heterocycles. The molecule has 0 spiro atoms. The molecule has 27 heavy (non-hydrogen) atoms. The Morgan fingerprint density at radius 1 is 1.04 bits per heavy atom. The Morgan fingerprint density at radius 3 is 2.52 bits per heavy atom. The summed E-state index contributed by atoms with van der Waals surface area (Å²) >= 11 is 0. The van der Waals surface area contributed by atoms with Crippen LogP contribution in [0.4, 0.5) is 5.82 Å². The van der Waals surface area contributed by atoms with Gasteiger partial charge in [-0.05, 0) is 31.0 Å². The number of piperazine rings is 1. The molecule has 1 fully saturated rings. The number of anilines is 1. The first-order valence-corrected chi connectivity index (χ1v) is 9.48. The van der Waals surface area contributed by atoms with Crippen molar-refractivity contribution < 1.29 is 0 Å². The van der Waals surface area contributed by atoms with Crippen LogP contribution in [0.15, 0.2) is 42.9 Å². The van der Waals surface area contributed by atoms with Crippen LogP contribution in [0.2, 0.25) is 0 Å². The molecule has 0 radical (unpaired) electrons. The zero-order valence-electron chi connectivity index (χ0n) is 15.9. The SMILES string of the molecule is CCc1ccc(CN2CCN(c3cc(-n4cccn4)nc(C)n3)CC2)nc1. The first-order valence-electron chi connectivity index (χ1n) is 9.48. The van der Waals surface area contributed by atoms with Crippen molar-refractivity contribution in [3.05, 3.63) is 59.9 Å². The van der Waals surface area contributed by atoms with Crippen molar-refractivity contribution in [3.63, 3.8) is 0 Å². The Hall–Kier alpha value is -2.80. The summed E-state index contributed by atoms with van der Waals surface area (Å²) < 4.78 is 1.78. The molecule has 0 aromatic carbocycles. The summed E-state index contributed by atoms with van der Waals surface area (Å²) in [6.07, 6.45) is 6.69. The maximum Gasteiger partial charge on any atom is 0.159 e. The van der Waals surface area contributed by atoms with Crippen molar-refractivity contribution in [2.45, 2.75) is 26.8 Å². The molecular weight excluding hydrogens is 338 g/mol. The van der Waals surface area contributed by atoms with Gasteiger partial charge in [0.05, 0.1) is 5.69 Å². The Labute approximate surface area is 159 Å². The zero-order valence-corrected chi connectivity index (χ0v) is 15.9. The van der Waals surface area contributed by atoms with Gasteiger partial charge < -0.3 is 4.90 Å². The monoisotopic (exact) mass is 363 g/mol. The van der Waals surface area contributed by atoms with Gasteiger partial charge in [0.2, 0.25) is 0 Å². The van der Waals surface area contributed by atoms with E-state index in [1.54, 1.807) is 10.9 Å². The van der Waals surface area contributed by atoms with Crippen LogP contribution in [0.25, 0.3) is 5.82 Å². The van der Waals surface area contributed by atoms with E-state index in [4.69, 9.17) is 0 Å². The van der Waals surface area contributed by atoms with Crippen LogP contribution in [0.5, 0.6) is 0 Å². The van der Waals surface area contributed by atoms with Crippen LogP contribution >= 0.6 is 0 Å². The molecule has 0 atom stereocenters. The van der Waals surface area contributed by atoms with E-state index in [1.165, 1.54) is 5.56 Å². The van der Waals surface area contributed by atoms with Crippen LogP contribution in [-0.2, 0) is 13.0 Å². The van der Waals surface area contributed by atoms with Crippen molar-refractivity contribution in [2.24, 2.45) is 0 Å². The van der Waals surface area contributed by atoms with Crippen LogP contribution in [0.3, 0.4) is 0 Å². The average Bonchev–Trinajstić information content (AvgIpc) is 3.24. The van der Waals surface area contributed by atoms with Crippen LogP contribution in [0.1, 0.15) is 24.0 Å². The first-order chi connectivity index (χ1) is 13.2. The van der Waals surface area contributed by atoms with Crippen molar-refractivity contribution in [1.29, 1.82) is 0 Å². The van der Waals surface area contributed by atoms with Crippen LogP contribution < -0.4 is 4.90 Å². The third kappa shape index (κ3) is 4.14. The van der Waals surface area contributed by atoms with Gasteiger partial charge in [0.15, 0.2) is 5.82 Å². The molecular formula is C20H25N7. The van der Waals surface area contributed by atoms with Gasteiger partial charge in [-0.25, -0.2) is 14.6 Å². The van der Waals surface area contributed by atoms with Crippen LogP contribution in [0, 0.1) is 6.92 Å². The van der Waals surface area contributed by atoms with E-state index in [2.05, 4.69) is 48.9 Å². The van der Waals surface area contributed by atoms with Gasteiger partial charge in [-0.15, -0.1) is 0 Å². The fourth-order valence-corrected chi connectivity index (χ4v) is 3.34. The summed E-state index contributed by atoms with van der Waals surface area (Å²) in [5.74, 6) is 2.55. The molecule has 3 aromatic rings. The lowest BCUT2D eigenvalue weighted by atomic mass is 10.2. The molecule has 7 heteroatoms. The highest BCUT2D eigenvalue weighted by Gasteiger charge is 2.19. The smallest absolute Gasteiger partial charge is 0.159 e. The van der Waals surface area contributed by atoms with E-state index in [0.717, 1.165) is 62.3 Å². The molecule has 0 N–H and O–H groups in total. The molecule has 0 bridgehead atoms. The predicted octanol–water partition coefficient (Wildman–Crippen LogP) is 2.25. The summed E-state index contributed by atoms with van der Waals surface area (Å²) in [4.78, 5) is 18.5. The number of nitrogens with zero attached hydrogens (tertiary/aromatic N) is 7. The molecule has 4 heterocycles. The molecule has 0 unspecified atom stereocenters. The lowest BCUT2D eigenvalue weighted by Crippen LogP contribution is -2.46. The van der Waals surface area contributed by atoms with Crippen molar-refractivity contribution >= 4 is 5.82 Å².